The molecule has 0 spiro atoms. The largest absolute Gasteiger partial charge is 0.497 e. The molecule has 0 unspecified atom stereocenters. The second kappa shape index (κ2) is 13.8. The molecular weight excluding hydrogens is 567 g/mol. The lowest BCUT2D eigenvalue weighted by atomic mass is 10.1. The molecule has 4 N–H and O–H groups in total. The summed E-state index contributed by atoms with van der Waals surface area (Å²) < 4.78 is 65.3. The van der Waals surface area contributed by atoms with E-state index in [1.165, 1.54) is 31.5 Å². The van der Waals surface area contributed by atoms with Crippen molar-refractivity contribution in [2.45, 2.75) is 17.6 Å². The first-order chi connectivity index (χ1) is 19.4. The first-order valence-corrected chi connectivity index (χ1v) is 13.6. The number of nitrogens with zero attached hydrogens (tertiary/aromatic N) is 2. The van der Waals surface area contributed by atoms with Gasteiger partial charge in [-0.15, -0.1) is 0 Å². The molecular formula is C26H28F3N5O6S. The smallest absolute Gasteiger partial charge is 0.490 e. The molecule has 0 saturated carbocycles. The zero-order chi connectivity index (χ0) is 30.0. The molecule has 41 heavy (non-hydrogen) atoms. The quantitative estimate of drug-likeness (QED) is 0.308. The van der Waals surface area contributed by atoms with Crippen LogP contribution in [0.1, 0.15) is 15.9 Å². The number of aromatic nitrogens is 1. The highest BCUT2D eigenvalue weighted by Crippen LogP contribution is 2.25. The summed E-state index contributed by atoms with van der Waals surface area (Å²) in [5.74, 6) is -2.13. The number of aliphatic carboxylic acids is 1. The van der Waals surface area contributed by atoms with Crippen molar-refractivity contribution in [1.29, 1.82) is 0 Å². The number of hydrogen-bond acceptors (Lipinski definition) is 8. The minimum atomic E-state index is -5.08. The van der Waals surface area contributed by atoms with E-state index >= 15 is 0 Å². The second-order valence-electron chi connectivity index (χ2n) is 8.59. The van der Waals surface area contributed by atoms with Crippen molar-refractivity contribution < 1.29 is 41.0 Å². The lowest BCUT2D eigenvalue weighted by Gasteiger charge is -2.30. The van der Waals surface area contributed by atoms with Crippen LogP contribution in [0.3, 0.4) is 0 Å². The van der Waals surface area contributed by atoms with Crippen molar-refractivity contribution in [3.05, 3.63) is 78.0 Å². The van der Waals surface area contributed by atoms with Gasteiger partial charge in [-0.1, -0.05) is 36.4 Å². The van der Waals surface area contributed by atoms with Gasteiger partial charge in [0, 0.05) is 38.8 Å². The lowest BCUT2D eigenvalue weighted by molar-refractivity contribution is -0.192. The molecule has 1 aromatic heterocycles. The number of alkyl halides is 3. The SMILES string of the molecule is COc1cccc(S(=O)(=O)Nc2cnc(N3CCNCC3)c(C(=O)NCc3ccccc3)c2)c1.O=C(O)C(F)(F)F. The third kappa shape index (κ3) is 9.08. The number of carbonyl (C=O) groups is 2. The average molecular weight is 596 g/mol. The number of ether oxygens (including phenoxy) is 1. The van der Waals surface area contributed by atoms with Gasteiger partial charge in [0.05, 0.1) is 29.5 Å². The van der Waals surface area contributed by atoms with Crippen molar-refractivity contribution in [2.75, 3.05) is 42.9 Å². The normalized spacial score (nSPS) is 13.4. The fourth-order valence-electron chi connectivity index (χ4n) is 3.66. The van der Waals surface area contributed by atoms with E-state index in [9.17, 15) is 26.4 Å². The van der Waals surface area contributed by atoms with E-state index in [2.05, 4.69) is 20.3 Å². The molecule has 1 amide bonds. The van der Waals surface area contributed by atoms with Crippen LogP contribution in [0.15, 0.2) is 71.8 Å². The van der Waals surface area contributed by atoms with Gasteiger partial charge in [-0.3, -0.25) is 9.52 Å². The van der Waals surface area contributed by atoms with E-state index < -0.39 is 22.2 Å². The number of benzene rings is 2. The molecule has 0 bridgehead atoms. The molecule has 4 rings (SSSR count). The highest BCUT2D eigenvalue weighted by Gasteiger charge is 2.38. The number of anilines is 2. The summed E-state index contributed by atoms with van der Waals surface area (Å²) in [7, 11) is -2.44. The van der Waals surface area contributed by atoms with Crippen molar-refractivity contribution in [2.24, 2.45) is 0 Å². The van der Waals surface area contributed by atoms with Crippen molar-refractivity contribution in [3.63, 3.8) is 0 Å². The number of piperazine rings is 1. The molecule has 0 radical (unpaired) electrons. The van der Waals surface area contributed by atoms with E-state index in [4.69, 9.17) is 14.6 Å². The van der Waals surface area contributed by atoms with Crippen molar-refractivity contribution in [3.8, 4) is 5.75 Å². The number of hydrogen-bond donors (Lipinski definition) is 4. The van der Waals surface area contributed by atoms with Gasteiger partial charge in [0.2, 0.25) is 0 Å². The predicted molar refractivity (Wildman–Crippen MR) is 144 cm³/mol. The maximum atomic E-state index is 13.2. The Morgan fingerprint density at radius 3 is 2.34 bits per heavy atom. The molecule has 1 aliphatic rings. The van der Waals surface area contributed by atoms with Crippen LogP contribution in [0.5, 0.6) is 5.75 Å². The zero-order valence-corrected chi connectivity index (χ0v) is 22.6. The number of rotatable bonds is 8. The van der Waals surface area contributed by atoms with Gasteiger partial charge in [-0.05, 0) is 23.8 Å². The van der Waals surface area contributed by atoms with E-state index in [0.29, 0.717) is 36.8 Å². The van der Waals surface area contributed by atoms with Gasteiger partial charge in [-0.25, -0.2) is 18.2 Å². The highest BCUT2D eigenvalue weighted by molar-refractivity contribution is 7.92. The molecule has 11 nitrogen and oxygen atoms in total. The number of sulfonamides is 1. The van der Waals surface area contributed by atoms with E-state index in [1.807, 2.05) is 35.2 Å². The van der Waals surface area contributed by atoms with Crippen LogP contribution in [-0.4, -0.2) is 69.8 Å². The Hall–Kier alpha value is -4.37. The number of methoxy groups -OCH3 is 1. The van der Waals surface area contributed by atoms with Crippen LogP contribution in [0, 0.1) is 0 Å². The molecule has 0 atom stereocenters. The Kier molecular flexibility index (Phi) is 10.5. The topological polar surface area (TPSA) is 150 Å². The maximum Gasteiger partial charge on any atom is 0.490 e. The average Bonchev–Trinajstić information content (AvgIpc) is 2.96. The number of pyridine rings is 1. The van der Waals surface area contributed by atoms with Crippen LogP contribution in [0.4, 0.5) is 24.7 Å². The van der Waals surface area contributed by atoms with Gasteiger partial charge >= 0.3 is 12.1 Å². The molecule has 0 aliphatic carbocycles. The molecule has 15 heteroatoms. The fourth-order valence-corrected chi connectivity index (χ4v) is 4.73. The first-order valence-electron chi connectivity index (χ1n) is 12.2. The van der Waals surface area contributed by atoms with Crippen LogP contribution >= 0.6 is 0 Å². The van der Waals surface area contributed by atoms with Crippen LogP contribution in [0.2, 0.25) is 0 Å². The Morgan fingerprint density at radius 2 is 1.73 bits per heavy atom. The molecule has 3 aromatic rings. The predicted octanol–water partition coefficient (Wildman–Crippen LogP) is 2.86. The number of halogens is 3. The third-order valence-corrected chi connectivity index (χ3v) is 7.05. The number of carboxylic acids is 1. The molecule has 1 fully saturated rings. The zero-order valence-electron chi connectivity index (χ0n) is 21.8. The van der Waals surface area contributed by atoms with Crippen LogP contribution in [0.25, 0.3) is 0 Å². The van der Waals surface area contributed by atoms with E-state index in [1.54, 1.807) is 12.1 Å². The summed E-state index contributed by atoms with van der Waals surface area (Å²) in [6.45, 7) is 3.29. The van der Waals surface area contributed by atoms with Crippen molar-refractivity contribution >= 4 is 33.4 Å². The number of carbonyl (C=O) groups excluding carboxylic acids is 1. The van der Waals surface area contributed by atoms with Crippen LogP contribution < -0.4 is 25.0 Å². The van der Waals surface area contributed by atoms with E-state index in [-0.39, 0.29) is 16.5 Å². The Bertz CT molecular complexity index is 1450. The van der Waals surface area contributed by atoms with E-state index in [0.717, 1.165) is 18.7 Å². The standard InChI is InChI=1S/C24H27N5O4S.C2HF3O2/c1-33-20-8-5-9-21(15-20)34(31,32)28-19-14-22(23(26-17-19)29-12-10-25-11-13-29)24(30)27-16-18-6-3-2-4-7-18;3-2(4,5)1(6)7/h2-9,14-15,17,25,28H,10-13,16H2,1H3,(H,27,30);(H,6,7). The Balaban J connectivity index is 0.000000587. The summed E-state index contributed by atoms with van der Waals surface area (Å²) in [6.07, 6.45) is -3.65. The fraction of sp³-hybridized carbons (Fsp3) is 0.269. The van der Waals surface area contributed by atoms with Gasteiger partial charge in [0.25, 0.3) is 15.9 Å². The van der Waals surface area contributed by atoms with Gasteiger partial charge < -0.3 is 25.4 Å². The third-order valence-electron chi connectivity index (χ3n) is 5.67. The van der Waals surface area contributed by atoms with Gasteiger partial charge in [0.15, 0.2) is 0 Å². The molecule has 2 heterocycles. The summed E-state index contributed by atoms with van der Waals surface area (Å²) in [4.78, 5) is 28.6. The summed E-state index contributed by atoms with van der Waals surface area (Å²) in [5.41, 5.74) is 1.47. The highest BCUT2D eigenvalue weighted by atomic mass is 32.2. The second-order valence-corrected chi connectivity index (χ2v) is 10.3. The lowest BCUT2D eigenvalue weighted by Crippen LogP contribution is -2.44. The minimum Gasteiger partial charge on any atom is -0.497 e. The summed E-state index contributed by atoms with van der Waals surface area (Å²) in [6, 6.07) is 17.3. The molecule has 2 aromatic carbocycles. The Morgan fingerprint density at radius 1 is 1.07 bits per heavy atom. The first kappa shape index (κ1) is 31.2. The molecule has 1 saturated heterocycles. The minimum absolute atomic E-state index is 0.0492. The van der Waals surface area contributed by atoms with Gasteiger partial charge in [0.1, 0.15) is 11.6 Å². The van der Waals surface area contributed by atoms with Crippen molar-refractivity contribution in [1.82, 2.24) is 15.6 Å². The molecule has 1 aliphatic heterocycles. The molecule has 220 valence electrons. The number of amides is 1. The van der Waals surface area contributed by atoms with Crippen LogP contribution in [-0.2, 0) is 21.4 Å². The summed E-state index contributed by atoms with van der Waals surface area (Å²) in [5, 5.41) is 13.3. The Labute approximate surface area is 234 Å². The maximum absolute atomic E-state index is 13.2. The number of nitrogens with one attached hydrogen (secondary N) is 3. The summed E-state index contributed by atoms with van der Waals surface area (Å²) >= 11 is 0. The monoisotopic (exact) mass is 595 g/mol. The van der Waals surface area contributed by atoms with Gasteiger partial charge in [-0.2, -0.15) is 13.2 Å². The number of carboxylic acid groups (broad SMARTS) is 1.